The van der Waals surface area contributed by atoms with Crippen molar-refractivity contribution in [1.82, 2.24) is 0 Å². The number of anilines is 2. The molecule has 9 nitrogen and oxygen atoms in total. The van der Waals surface area contributed by atoms with Gasteiger partial charge >= 0.3 is 29.6 Å². The first-order valence-electron chi connectivity index (χ1n) is 9.38. The minimum Gasteiger partial charge on any atom is -0.744 e. The topological polar surface area (TPSA) is 159 Å². The molecule has 0 aromatic heterocycles. The Morgan fingerprint density at radius 1 is 0.727 bits per heavy atom. The zero-order chi connectivity index (χ0) is 22.7. The van der Waals surface area contributed by atoms with Gasteiger partial charge in [-0.1, -0.05) is 36.4 Å². The summed E-state index contributed by atoms with van der Waals surface area (Å²) in [5.74, 6) is 0. The molecule has 0 aliphatic rings. The molecule has 4 rings (SSSR count). The van der Waals surface area contributed by atoms with E-state index in [2.05, 4.69) is 20.5 Å². The molecule has 0 heterocycles. The van der Waals surface area contributed by atoms with Gasteiger partial charge in [-0.3, -0.25) is 0 Å². The van der Waals surface area contributed by atoms with Gasteiger partial charge < -0.3 is 16.0 Å². The van der Waals surface area contributed by atoms with E-state index in [-0.39, 0.29) is 46.6 Å². The first-order chi connectivity index (χ1) is 15.3. The van der Waals surface area contributed by atoms with Crippen LogP contribution in [0.1, 0.15) is 0 Å². The molecule has 0 saturated carbocycles. The predicted molar refractivity (Wildman–Crippen MR) is 122 cm³/mol. The fraction of sp³-hybridized carbons (Fsp3) is 0. The summed E-state index contributed by atoms with van der Waals surface area (Å²) >= 11 is 0. The van der Waals surface area contributed by atoms with Crippen LogP contribution in [0.3, 0.4) is 0 Å². The second kappa shape index (κ2) is 10.2. The van der Waals surface area contributed by atoms with Crippen LogP contribution in [-0.4, -0.2) is 13.0 Å². The average molecular weight is 468 g/mol. The first-order valence-corrected chi connectivity index (χ1v) is 10.8. The summed E-state index contributed by atoms with van der Waals surface area (Å²) in [5, 5.41) is 17.6. The van der Waals surface area contributed by atoms with Crippen molar-refractivity contribution < 1.29 is 42.5 Å². The van der Waals surface area contributed by atoms with Crippen molar-refractivity contribution in [2.45, 2.75) is 4.90 Å². The minimum absolute atomic E-state index is 0. The van der Waals surface area contributed by atoms with E-state index >= 15 is 0 Å². The number of rotatable bonds is 5. The zero-order valence-corrected chi connectivity index (χ0v) is 20.4. The number of hydrogen-bond acceptors (Lipinski definition) is 9. The Kier molecular flexibility index (Phi) is 7.57. The van der Waals surface area contributed by atoms with Crippen LogP contribution in [0.15, 0.2) is 104 Å². The molecule has 4 aromatic rings. The van der Waals surface area contributed by atoms with Gasteiger partial charge in [-0.15, -0.1) is 15.3 Å². The molecule has 0 aliphatic carbocycles. The number of nitrogen functional groups attached to an aromatic ring is 2. The Bertz CT molecular complexity index is 1470. The maximum Gasteiger partial charge on any atom is 1.00 e. The van der Waals surface area contributed by atoms with Crippen LogP contribution >= 0.6 is 0 Å². The maximum atomic E-state index is 12.0. The molecular formula is C22H17N6NaO3S. The summed E-state index contributed by atoms with van der Waals surface area (Å²) in [6.07, 6.45) is 0. The molecule has 0 spiro atoms. The molecule has 0 atom stereocenters. The Morgan fingerprint density at radius 3 is 2.15 bits per heavy atom. The van der Waals surface area contributed by atoms with Gasteiger partial charge in [0.25, 0.3) is 0 Å². The van der Waals surface area contributed by atoms with Gasteiger partial charge in [0.1, 0.15) is 21.5 Å². The van der Waals surface area contributed by atoms with Crippen molar-refractivity contribution in [1.29, 1.82) is 0 Å². The van der Waals surface area contributed by atoms with E-state index in [1.54, 1.807) is 42.5 Å². The van der Waals surface area contributed by atoms with Crippen molar-refractivity contribution in [3.63, 3.8) is 0 Å². The molecule has 160 valence electrons. The summed E-state index contributed by atoms with van der Waals surface area (Å²) in [4.78, 5) is -0.523. The van der Waals surface area contributed by atoms with Crippen LogP contribution in [-0.2, 0) is 10.1 Å². The second-order valence-corrected chi connectivity index (χ2v) is 8.14. The van der Waals surface area contributed by atoms with Gasteiger partial charge in [-0.2, -0.15) is 5.11 Å². The minimum atomic E-state index is -4.86. The van der Waals surface area contributed by atoms with Crippen molar-refractivity contribution in [2.75, 3.05) is 11.5 Å². The van der Waals surface area contributed by atoms with Crippen LogP contribution in [0.2, 0.25) is 0 Å². The number of benzene rings is 4. The van der Waals surface area contributed by atoms with Crippen molar-refractivity contribution in [3.8, 4) is 0 Å². The molecule has 11 heteroatoms. The SMILES string of the molecule is Nc1ccc(N=Nc2c(S(=O)(=O)[O-])ccc3cccc(N=Nc4ccccc4)c23)c(N)c1.[Na+]. The third-order valence-corrected chi connectivity index (χ3v) is 5.44. The van der Waals surface area contributed by atoms with E-state index in [0.717, 1.165) is 0 Å². The van der Waals surface area contributed by atoms with Gasteiger partial charge in [-0.25, -0.2) is 8.42 Å². The molecule has 0 radical (unpaired) electrons. The van der Waals surface area contributed by atoms with E-state index in [1.807, 2.05) is 18.2 Å². The van der Waals surface area contributed by atoms with E-state index in [1.165, 1.54) is 18.2 Å². The average Bonchev–Trinajstić information content (AvgIpc) is 2.76. The van der Waals surface area contributed by atoms with Crippen LogP contribution in [0.4, 0.5) is 34.1 Å². The van der Waals surface area contributed by atoms with E-state index in [9.17, 15) is 13.0 Å². The Hall–Kier alpha value is -3.15. The second-order valence-electron chi connectivity index (χ2n) is 6.80. The number of hydrogen-bond donors (Lipinski definition) is 2. The number of nitrogens with two attached hydrogens (primary N) is 2. The quantitative estimate of drug-likeness (QED) is 0.199. The zero-order valence-electron chi connectivity index (χ0n) is 17.6. The van der Waals surface area contributed by atoms with Gasteiger partial charge in [0, 0.05) is 11.1 Å². The molecular weight excluding hydrogens is 451 g/mol. The van der Waals surface area contributed by atoms with Crippen LogP contribution in [0.25, 0.3) is 10.8 Å². The standard InChI is InChI=1S/C22H18N6O3S.Na/c23-15-10-11-18(17(24)13-15)26-28-22-20(32(29,30)31)12-9-14-5-4-8-19(21(14)22)27-25-16-6-2-1-3-7-16;/h1-13H,23-24H2,(H,29,30,31);/q;+1/p-1. The van der Waals surface area contributed by atoms with Gasteiger partial charge in [0.15, 0.2) is 0 Å². The Morgan fingerprint density at radius 2 is 1.45 bits per heavy atom. The molecule has 33 heavy (non-hydrogen) atoms. The molecule has 0 fully saturated rings. The molecule has 0 amide bonds. The van der Waals surface area contributed by atoms with E-state index in [4.69, 9.17) is 11.5 Å². The van der Waals surface area contributed by atoms with Crippen LogP contribution in [0.5, 0.6) is 0 Å². The monoisotopic (exact) mass is 468 g/mol. The largest absolute Gasteiger partial charge is 1.00 e. The normalized spacial score (nSPS) is 11.8. The van der Waals surface area contributed by atoms with Crippen molar-refractivity contribution in [2.24, 2.45) is 20.5 Å². The summed E-state index contributed by atoms with van der Waals surface area (Å²) in [5.41, 5.74) is 13.4. The molecule has 0 aliphatic heterocycles. The molecule has 0 saturated heterocycles. The van der Waals surface area contributed by atoms with Crippen molar-refractivity contribution in [3.05, 3.63) is 78.9 Å². The van der Waals surface area contributed by atoms with Crippen LogP contribution in [0, 0.1) is 0 Å². The maximum absolute atomic E-state index is 12.0. The molecule has 0 unspecified atom stereocenters. The van der Waals surface area contributed by atoms with Gasteiger partial charge in [0.2, 0.25) is 0 Å². The third kappa shape index (κ3) is 5.62. The van der Waals surface area contributed by atoms with E-state index in [0.29, 0.717) is 27.8 Å². The van der Waals surface area contributed by atoms with Gasteiger partial charge in [0.05, 0.1) is 22.0 Å². The molecule has 0 bridgehead atoms. The Balaban J connectivity index is 0.00000306. The fourth-order valence-electron chi connectivity index (χ4n) is 3.08. The summed E-state index contributed by atoms with van der Waals surface area (Å²) in [7, 11) is -4.86. The predicted octanol–water partition coefficient (Wildman–Crippen LogP) is 2.74. The van der Waals surface area contributed by atoms with Crippen molar-refractivity contribution >= 4 is 55.0 Å². The summed E-state index contributed by atoms with van der Waals surface area (Å²) in [6, 6.07) is 21.5. The number of azo groups is 2. The molecule has 4 aromatic carbocycles. The van der Waals surface area contributed by atoms with Gasteiger partial charge in [-0.05, 0) is 47.9 Å². The van der Waals surface area contributed by atoms with Crippen LogP contribution < -0.4 is 41.0 Å². The first kappa shape index (κ1) is 24.5. The number of nitrogens with zero attached hydrogens (tertiary/aromatic N) is 4. The Labute approximate surface area is 212 Å². The molecule has 4 N–H and O–H groups in total. The van der Waals surface area contributed by atoms with E-state index < -0.39 is 15.0 Å². The fourth-order valence-corrected chi connectivity index (χ4v) is 3.69. The summed E-state index contributed by atoms with van der Waals surface area (Å²) < 4.78 is 35.9. The summed E-state index contributed by atoms with van der Waals surface area (Å²) in [6.45, 7) is 0. The smallest absolute Gasteiger partial charge is 0.744 e. The third-order valence-electron chi connectivity index (χ3n) is 4.57. The number of fused-ring (bicyclic) bond motifs is 1.